The van der Waals surface area contributed by atoms with E-state index in [-0.39, 0.29) is 76.6 Å². The Hall–Kier alpha value is -3.36. The van der Waals surface area contributed by atoms with Gasteiger partial charge in [0.2, 0.25) is 6.43 Å². The van der Waals surface area contributed by atoms with E-state index < -0.39 is 46.7 Å². The molecule has 15 heteroatoms. The van der Waals surface area contributed by atoms with Gasteiger partial charge in [-0.05, 0) is 63.8 Å². The molecule has 3 fully saturated rings. The van der Waals surface area contributed by atoms with Crippen molar-refractivity contribution in [1.82, 2.24) is 25.2 Å². The molecular weight excluding hydrogens is 648 g/mol. The molecule has 3 aromatic rings. The molecule has 8 nitrogen and oxygen atoms in total. The lowest BCUT2D eigenvalue weighted by atomic mass is 9.91. The summed E-state index contributed by atoms with van der Waals surface area (Å²) in [7, 11) is 1.73. The average molecular weight is 682 g/mol. The molecule has 47 heavy (non-hydrogen) atoms. The predicted octanol–water partition coefficient (Wildman–Crippen LogP) is 6.47. The van der Waals surface area contributed by atoms with E-state index in [0.717, 1.165) is 18.9 Å². The van der Waals surface area contributed by atoms with Crippen LogP contribution in [0, 0.1) is 18.7 Å². The molecule has 3 saturated heterocycles. The van der Waals surface area contributed by atoms with Gasteiger partial charge in [0.25, 0.3) is 0 Å². The number of likely N-dealkylation sites (tertiary alicyclic amines) is 1. The number of halogens is 7. The fraction of sp³-hybridized carbons (Fsp3) is 0.531. The van der Waals surface area contributed by atoms with Crippen molar-refractivity contribution in [2.75, 3.05) is 37.4 Å². The van der Waals surface area contributed by atoms with Crippen LogP contribution in [0.25, 0.3) is 27.7 Å². The number of pyridine rings is 1. The van der Waals surface area contributed by atoms with Gasteiger partial charge >= 0.3 is 12.2 Å². The number of nitrogen functional groups attached to an aromatic ring is 1. The zero-order valence-corrected chi connectivity index (χ0v) is 26.7. The van der Waals surface area contributed by atoms with Crippen molar-refractivity contribution in [1.29, 1.82) is 0 Å². The van der Waals surface area contributed by atoms with E-state index in [1.54, 1.807) is 18.9 Å². The zero-order valence-electron chi connectivity index (χ0n) is 26.0. The molecule has 252 valence electrons. The number of fused-ring (bicyclic) bond motifs is 5. The van der Waals surface area contributed by atoms with Crippen LogP contribution in [-0.4, -0.2) is 76.7 Å². The van der Waals surface area contributed by atoms with Crippen LogP contribution in [0.1, 0.15) is 49.3 Å². The number of piperazine rings is 1. The van der Waals surface area contributed by atoms with Crippen LogP contribution in [-0.2, 0) is 6.18 Å². The van der Waals surface area contributed by atoms with Gasteiger partial charge in [-0.1, -0.05) is 18.2 Å². The van der Waals surface area contributed by atoms with E-state index in [2.05, 4.69) is 26.8 Å². The van der Waals surface area contributed by atoms with Gasteiger partial charge in [0, 0.05) is 42.7 Å². The van der Waals surface area contributed by atoms with E-state index in [1.165, 1.54) is 6.92 Å². The number of nitrogens with zero attached hydrogens (tertiary/aromatic N) is 5. The minimum atomic E-state index is -4.91. The van der Waals surface area contributed by atoms with Crippen molar-refractivity contribution < 1.29 is 31.1 Å². The number of hydrogen-bond acceptors (Lipinski definition) is 8. The first-order valence-corrected chi connectivity index (χ1v) is 15.9. The third-order valence-corrected chi connectivity index (χ3v) is 10.8. The molecule has 6 heterocycles. The summed E-state index contributed by atoms with van der Waals surface area (Å²) in [5, 5.41) is 3.54. The molecule has 1 aromatic carbocycles. The first-order valence-electron chi connectivity index (χ1n) is 15.5. The fourth-order valence-electron chi connectivity index (χ4n) is 7.97. The van der Waals surface area contributed by atoms with E-state index in [9.17, 15) is 22.0 Å². The number of benzene rings is 1. The van der Waals surface area contributed by atoms with E-state index in [1.807, 2.05) is 0 Å². The van der Waals surface area contributed by atoms with Crippen molar-refractivity contribution >= 4 is 39.7 Å². The number of aromatic nitrogens is 3. The highest BCUT2D eigenvalue weighted by Crippen LogP contribution is 2.51. The van der Waals surface area contributed by atoms with Gasteiger partial charge in [0.05, 0.1) is 32.8 Å². The Balaban J connectivity index is 1.45. The molecule has 5 atom stereocenters. The standard InChI is InChI=1S/C32H34ClF6N7O/c1-13-7-18-17-6-5-16(41-17)11-46(18)29-21-20(13)24(33)22(26-23(32(37,38)39)14(2)8-19(40)42-26)25(34)27(21)43-30(44-29)47-12-31(3)9-15(28(35)36)10-45(31)4/h8,15-18,28,41H,1,5-7,9-12H2,2-4H3,(H2,40,42)/t15?,16-,17+,18-,31?/m1/s1. The van der Waals surface area contributed by atoms with Crippen molar-refractivity contribution in [3.63, 3.8) is 0 Å². The molecule has 0 saturated carbocycles. The monoisotopic (exact) mass is 681 g/mol. The molecule has 2 unspecified atom stereocenters. The Bertz CT molecular complexity index is 1800. The van der Waals surface area contributed by atoms with Gasteiger partial charge in [-0.15, -0.1) is 0 Å². The number of ether oxygens (including phenoxy) is 1. The summed E-state index contributed by atoms with van der Waals surface area (Å²) in [4.78, 5) is 17.0. The molecule has 0 aliphatic carbocycles. The van der Waals surface area contributed by atoms with Crippen LogP contribution >= 0.6 is 11.6 Å². The molecule has 2 bridgehead atoms. The number of rotatable bonds is 5. The van der Waals surface area contributed by atoms with Gasteiger partial charge in [-0.25, -0.2) is 18.2 Å². The second-order valence-electron chi connectivity index (χ2n) is 13.6. The Morgan fingerprint density at radius 1 is 1.19 bits per heavy atom. The van der Waals surface area contributed by atoms with Crippen molar-refractivity contribution in [3.05, 3.63) is 40.2 Å². The Kier molecular flexibility index (Phi) is 7.60. The Morgan fingerprint density at radius 2 is 1.94 bits per heavy atom. The van der Waals surface area contributed by atoms with Crippen LogP contribution in [0.15, 0.2) is 12.6 Å². The summed E-state index contributed by atoms with van der Waals surface area (Å²) < 4.78 is 93.7. The van der Waals surface area contributed by atoms with Crippen LogP contribution in [0.4, 0.5) is 38.0 Å². The second-order valence-corrected chi connectivity index (χ2v) is 13.9. The van der Waals surface area contributed by atoms with Gasteiger partial charge in [-0.2, -0.15) is 23.1 Å². The van der Waals surface area contributed by atoms with Crippen LogP contribution in [0.3, 0.4) is 0 Å². The van der Waals surface area contributed by atoms with Gasteiger partial charge in [-0.3, -0.25) is 4.90 Å². The summed E-state index contributed by atoms with van der Waals surface area (Å²) >= 11 is 6.93. The lowest BCUT2D eigenvalue weighted by Gasteiger charge is -2.41. The number of anilines is 2. The van der Waals surface area contributed by atoms with Crippen molar-refractivity contribution in [2.45, 2.75) is 75.8 Å². The maximum atomic E-state index is 17.0. The first-order chi connectivity index (χ1) is 22.1. The summed E-state index contributed by atoms with van der Waals surface area (Å²) in [6, 6.07) is 0.881. The van der Waals surface area contributed by atoms with E-state index in [4.69, 9.17) is 27.1 Å². The van der Waals surface area contributed by atoms with Crippen LogP contribution in [0.5, 0.6) is 6.01 Å². The largest absolute Gasteiger partial charge is 0.461 e. The maximum absolute atomic E-state index is 17.0. The summed E-state index contributed by atoms with van der Waals surface area (Å²) in [5.41, 5.74) is 2.75. The summed E-state index contributed by atoms with van der Waals surface area (Å²) in [6.45, 7) is 7.91. The highest BCUT2D eigenvalue weighted by atomic mass is 35.5. The molecule has 0 amide bonds. The minimum absolute atomic E-state index is 0.0599. The summed E-state index contributed by atoms with van der Waals surface area (Å²) in [5.74, 6) is -1.90. The lowest BCUT2D eigenvalue weighted by molar-refractivity contribution is -0.137. The van der Waals surface area contributed by atoms with Gasteiger partial charge in [0.15, 0.2) is 5.82 Å². The lowest BCUT2D eigenvalue weighted by Crippen LogP contribution is -2.58. The zero-order chi connectivity index (χ0) is 33.7. The molecule has 4 aliphatic heterocycles. The number of aryl methyl sites for hydroxylation is 1. The fourth-order valence-corrected chi connectivity index (χ4v) is 8.37. The van der Waals surface area contributed by atoms with Crippen LogP contribution in [0.2, 0.25) is 5.02 Å². The third kappa shape index (κ3) is 5.18. The minimum Gasteiger partial charge on any atom is -0.461 e. The average Bonchev–Trinajstić information content (AvgIpc) is 3.48. The highest BCUT2D eigenvalue weighted by Gasteiger charge is 2.47. The number of likely N-dealkylation sites (N-methyl/N-ethyl adjacent to an activating group) is 1. The smallest absolute Gasteiger partial charge is 0.418 e. The highest BCUT2D eigenvalue weighted by molar-refractivity contribution is 6.37. The van der Waals surface area contributed by atoms with E-state index in [0.29, 0.717) is 24.4 Å². The van der Waals surface area contributed by atoms with Crippen molar-refractivity contribution in [2.24, 2.45) is 5.92 Å². The SMILES string of the molecule is C=C1C[C@@H]2[C@@H]3CC[C@H](CN2c2nc(OCC4(C)CC(C(F)F)CN4C)nc4c(F)c(-c5nc(N)cc(C)c5C(F)(F)F)c(Cl)c1c24)N3. The molecule has 0 radical (unpaired) electrons. The quantitative estimate of drug-likeness (QED) is 0.296. The molecule has 0 spiro atoms. The van der Waals surface area contributed by atoms with E-state index >= 15 is 4.39 Å². The Morgan fingerprint density at radius 3 is 2.62 bits per heavy atom. The number of alkyl halides is 5. The molecule has 4 aliphatic rings. The molecule has 7 rings (SSSR count). The predicted molar refractivity (Wildman–Crippen MR) is 167 cm³/mol. The van der Waals surface area contributed by atoms with Crippen molar-refractivity contribution in [3.8, 4) is 17.3 Å². The first kappa shape index (κ1) is 32.2. The normalized spacial score (nSPS) is 27.6. The number of nitrogens with one attached hydrogen (secondary N) is 1. The number of hydrogen-bond donors (Lipinski definition) is 2. The molecular formula is C32H34ClF6N7O. The number of nitrogens with two attached hydrogens (primary N) is 1. The Labute approximate surface area is 272 Å². The third-order valence-electron chi connectivity index (χ3n) is 10.4. The summed E-state index contributed by atoms with van der Waals surface area (Å²) in [6.07, 6.45) is -5.06. The molecule has 3 N–H and O–H groups in total. The van der Waals surface area contributed by atoms with Gasteiger partial charge < -0.3 is 20.7 Å². The van der Waals surface area contributed by atoms with Crippen LogP contribution < -0.4 is 20.7 Å². The second kappa shape index (κ2) is 11.1. The maximum Gasteiger partial charge on any atom is 0.418 e. The van der Waals surface area contributed by atoms with Gasteiger partial charge in [0.1, 0.15) is 23.8 Å². The molecule has 2 aromatic heterocycles. The topological polar surface area (TPSA) is 92.4 Å².